The fourth-order valence-electron chi connectivity index (χ4n) is 4.02. The van der Waals surface area contributed by atoms with Crippen molar-refractivity contribution in [1.29, 1.82) is 0 Å². The van der Waals surface area contributed by atoms with Crippen LogP contribution in [-0.4, -0.2) is 34.0 Å². The second kappa shape index (κ2) is 10.0. The molecule has 0 bridgehead atoms. The first-order valence-electron chi connectivity index (χ1n) is 10.8. The summed E-state index contributed by atoms with van der Waals surface area (Å²) in [5.74, 6) is -0.920. The molecule has 1 aromatic heterocycles. The lowest BCUT2D eigenvalue weighted by Gasteiger charge is -2.32. The highest BCUT2D eigenvalue weighted by Crippen LogP contribution is 2.34. The number of rotatable bonds is 5. The van der Waals surface area contributed by atoms with E-state index in [4.69, 9.17) is 0 Å². The Morgan fingerprint density at radius 3 is 2.59 bits per heavy atom. The number of nitrogens with zero attached hydrogens (tertiary/aromatic N) is 2. The number of benzene rings is 2. The summed E-state index contributed by atoms with van der Waals surface area (Å²) in [6.45, 7) is 0.975. The molecule has 0 spiro atoms. The van der Waals surface area contributed by atoms with Gasteiger partial charge in [0.1, 0.15) is 16.6 Å². The monoisotopic (exact) mass is 490 g/mol. The molecule has 0 saturated carbocycles. The summed E-state index contributed by atoms with van der Waals surface area (Å²) in [7, 11) is 0. The first-order chi connectivity index (χ1) is 16.2. The zero-order valence-electron chi connectivity index (χ0n) is 18.1. The predicted molar refractivity (Wildman–Crippen MR) is 120 cm³/mol. The van der Waals surface area contributed by atoms with Gasteiger partial charge >= 0.3 is 6.18 Å². The van der Waals surface area contributed by atoms with E-state index in [0.717, 1.165) is 60.2 Å². The third kappa shape index (κ3) is 5.88. The van der Waals surface area contributed by atoms with Crippen molar-refractivity contribution in [2.24, 2.45) is 5.92 Å². The molecule has 0 unspecified atom stereocenters. The van der Waals surface area contributed by atoms with Crippen molar-refractivity contribution < 1.29 is 27.5 Å². The number of alkyl halides is 3. The smallest absolute Gasteiger partial charge is 0.416 e. The van der Waals surface area contributed by atoms with Gasteiger partial charge in [0.25, 0.3) is 5.91 Å². The Labute approximate surface area is 198 Å². The molecule has 9 heteroatoms. The van der Waals surface area contributed by atoms with Gasteiger partial charge in [-0.1, -0.05) is 23.9 Å². The Hall–Kier alpha value is -3.07. The van der Waals surface area contributed by atoms with Crippen LogP contribution in [0.2, 0.25) is 0 Å². The van der Waals surface area contributed by atoms with Crippen molar-refractivity contribution in [1.82, 2.24) is 9.88 Å². The van der Waals surface area contributed by atoms with Crippen molar-refractivity contribution in [3.8, 4) is 5.75 Å². The number of likely N-dealkylation sites (tertiary alicyclic amines) is 1. The van der Waals surface area contributed by atoms with Gasteiger partial charge in [0.15, 0.2) is 0 Å². The fourth-order valence-corrected chi connectivity index (χ4v) is 4.92. The summed E-state index contributed by atoms with van der Waals surface area (Å²) in [6.07, 6.45) is -0.986. The van der Waals surface area contributed by atoms with Gasteiger partial charge in [0.2, 0.25) is 0 Å². The summed E-state index contributed by atoms with van der Waals surface area (Å²) in [5, 5.41) is 9.84. The maximum Gasteiger partial charge on any atom is 0.416 e. The van der Waals surface area contributed by atoms with E-state index in [1.807, 2.05) is 24.3 Å². The Balaban J connectivity index is 1.35. The fraction of sp³-hybridized carbons (Fsp3) is 0.280. The number of amides is 1. The van der Waals surface area contributed by atoms with Crippen LogP contribution >= 0.6 is 11.8 Å². The molecule has 4 rings (SSSR count). The van der Waals surface area contributed by atoms with Gasteiger partial charge in [-0.2, -0.15) is 13.2 Å². The predicted octanol–water partition coefficient (Wildman–Crippen LogP) is 6.19. The van der Waals surface area contributed by atoms with Crippen molar-refractivity contribution >= 4 is 17.7 Å². The molecule has 4 nitrogen and oxygen atoms in total. The van der Waals surface area contributed by atoms with Gasteiger partial charge in [-0.05, 0) is 73.2 Å². The zero-order valence-corrected chi connectivity index (χ0v) is 18.9. The van der Waals surface area contributed by atoms with E-state index < -0.39 is 23.5 Å². The number of piperidine rings is 1. The van der Waals surface area contributed by atoms with E-state index in [-0.39, 0.29) is 16.3 Å². The number of hydrogen-bond acceptors (Lipinski definition) is 4. The zero-order chi connectivity index (χ0) is 24.3. The highest BCUT2D eigenvalue weighted by molar-refractivity contribution is 7.99. The van der Waals surface area contributed by atoms with Crippen LogP contribution < -0.4 is 0 Å². The number of carbonyl (C=O) groups excluding carboxylic acids is 1. The molecule has 0 radical (unpaired) electrons. The summed E-state index contributed by atoms with van der Waals surface area (Å²) < 4.78 is 52.8. The molecule has 1 aliphatic rings. The molecule has 1 N–H and O–H groups in total. The standard InChI is InChI=1S/C25H22F4N2O2S/c26-22-5-4-19(32)15-21(22)24(33)31-10-7-16(8-11-31)12-17-2-1-3-20(13-17)34-23-14-18(6-9-30-23)25(27,28)29/h1-6,9,13-16,32H,7-8,10-12H2. The van der Waals surface area contributed by atoms with Gasteiger partial charge in [0.05, 0.1) is 11.1 Å². The van der Waals surface area contributed by atoms with E-state index in [2.05, 4.69) is 4.98 Å². The summed E-state index contributed by atoms with van der Waals surface area (Å²) >= 11 is 1.18. The number of carbonyl (C=O) groups is 1. The number of pyridine rings is 1. The van der Waals surface area contributed by atoms with E-state index in [0.29, 0.717) is 19.0 Å². The minimum atomic E-state index is -4.41. The second-order valence-electron chi connectivity index (χ2n) is 8.23. The van der Waals surface area contributed by atoms with Crippen molar-refractivity contribution in [2.75, 3.05) is 13.1 Å². The van der Waals surface area contributed by atoms with E-state index >= 15 is 0 Å². The number of phenols is 1. The normalized spacial score (nSPS) is 14.9. The summed E-state index contributed by atoms with van der Waals surface area (Å²) in [5.41, 5.74) is 0.195. The Kier molecular flexibility index (Phi) is 7.11. The maximum absolute atomic E-state index is 14.0. The number of hydrogen-bond donors (Lipinski definition) is 1. The molecule has 1 amide bonds. The average Bonchev–Trinajstić information content (AvgIpc) is 2.81. The quantitative estimate of drug-likeness (QED) is 0.433. The van der Waals surface area contributed by atoms with Gasteiger partial charge in [0, 0.05) is 24.2 Å². The first-order valence-corrected chi connectivity index (χ1v) is 11.6. The minimum absolute atomic E-state index is 0.133. The third-order valence-corrected chi connectivity index (χ3v) is 6.71. The van der Waals surface area contributed by atoms with Crippen LogP contribution in [0.25, 0.3) is 0 Å². The molecule has 1 fully saturated rings. The Morgan fingerprint density at radius 2 is 1.85 bits per heavy atom. The topological polar surface area (TPSA) is 53.4 Å². The maximum atomic E-state index is 14.0. The molecule has 1 aliphatic heterocycles. The molecular weight excluding hydrogens is 468 g/mol. The number of halogens is 4. The number of aromatic hydroxyl groups is 1. The van der Waals surface area contributed by atoms with Gasteiger partial charge < -0.3 is 10.0 Å². The lowest BCUT2D eigenvalue weighted by molar-refractivity contribution is -0.137. The van der Waals surface area contributed by atoms with Crippen LogP contribution in [0.5, 0.6) is 5.75 Å². The van der Waals surface area contributed by atoms with Gasteiger partial charge in [-0.3, -0.25) is 4.79 Å². The van der Waals surface area contributed by atoms with E-state index in [1.54, 1.807) is 4.90 Å². The van der Waals surface area contributed by atoms with Crippen molar-refractivity contribution in [2.45, 2.75) is 35.4 Å². The summed E-state index contributed by atoms with van der Waals surface area (Å²) in [6, 6.07) is 13.0. The van der Waals surface area contributed by atoms with Gasteiger partial charge in [-0.15, -0.1) is 0 Å². The molecule has 2 heterocycles. The van der Waals surface area contributed by atoms with Crippen molar-refractivity contribution in [3.63, 3.8) is 0 Å². The molecular formula is C25H22F4N2O2S. The molecule has 1 saturated heterocycles. The number of phenolic OH excluding ortho intramolecular Hbond substituents is 1. The molecule has 178 valence electrons. The second-order valence-corrected chi connectivity index (χ2v) is 9.33. The van der Waals surface area contributed by atoms with Crippen molar-refractivity contribution in [3.05, 3.63) is 83.3 Å². The lowest BCUT2D eigenvalue weighted by Crippen LogP contribution is -2.39. The van der Waals surface area contributed by atoms with Gasteiger partial charge in [-0.25, -0.2) is 9.37 Å². The molecule has 2 aromatic carbocycles. The first kappa shape index (κ1) is 24.1. The minimum Gasteiger partial charge on any atom is -0.508 e. The highest BCUT2D eigenvalue weighted by atomic mass is 32.2. The highest BCUT2D eigenvalue weighted by Gasteiger charge is 2.31. The largest absolute Gasteiger partial charge is 0.508 e. The molecule has 34 heavy (non-hydrogen) atoms. The van der Waals surface area contributed by atoms with E-state index in [9.17, 15) is 27.5 Å². The molecule has 0 atom stereocenters. The van der Waals surface area contributed by atoms with Crippen LogP contribution in [0.1, 0.15) is 34.3 Å². The SMILES string of the molecule is O=C(c1cc(O)ccc1F)N1CCC(Cc2cccc(Sc3cc(C(F)(F)F)ccn3)c2)CC1. The Morgan fingerprint density at radius 1 is 1.09 bits per heavy atom. The average molecular weight is 491 g/mol. The number of aromatic nitrogens is 1. The summed E-state index contributed by atoms with van der Waals surface area (Å²) in [4.78, 5) is 19.1. The molecule has 0 aliphatic carbocycles. The van der Waals surface area contributed by atoms with Crippen LogP contribution in [0.15, 0.2) is 70.7 Å². The van der Waals surface area contributed by atoms with Crippen LogP contribution in [0.4, 0.5) is 17.6 Å². The lowest BCUT2D eigenvalue weighted by atomic mass is 9.90. The molecule has 3 aromatic rings. The van der Waals surface area contributed by atoms with E-state index in [1.165, 1.54) is 17.8 Å². The van der Waals surface area contributed by atoms with Crippen LogP contribution in [0, 0.1) is 11.7 Å². The van der Waals surface area contributed by atoms with Crippen LogP contribution in [-0.2, 0) is 12.6 Å². The Bertz CT molecular complexity index is 1180. The third-order valence-electron chi connectivity index (χ3n) is 5.79. The van der Waals surface area contributed by atoms with Crippen LogP contribution in [0.3, 0.4) is 0 Å².